The second kappa shape index (κ2) is 14.2. The smallest absolute Gasteiger partial charge is 1.00 e. The van der Waals surface area contributed by atoms with E-state index in [-0.39, 0.29) is 24.8 Å². The maximum absolute atomic E-state index is 6.65. The normalized spacial score (nSPS) is 15.9. The predicted molar refractivity (Wildman–Crippen MR) is 181 cm³/mol. The van der Waals surface area contributed by atoms with Crippen molar-refractivity contribution >= 4 is 23.3 Å². The SMILES string of the molecule is CCc1cccc2c1C=C(c1ccc(-c3ccccc3)o1)[CH]2[Zr+2][CH]1C(c2ccc(-c3ccccc3)o2)=Cc2c(CC)cccc21.[Cl-].[Cl-]. The van der Waals surface area contributed by atoms with Gasteiger partial charge in [0.2, 0.25) is 0 Å². The minimum atomic E-state index is -1.24. The van der Waals surface area contributed by atoms with Gasteiger partial charge >= 0.3 is 278 Å². The predicted octanol–water partition coefficient (Wildman–Crippen LogP) is 5.31. The van der Waals surface area contributed by atoms with E-state index in [0.717, 1.165) is 47.0 Å². The Hall–Kier alpha value is -3.62. The summed E-state index contributed by atoms with van der Waals surface area (Å²) in [5.41, 5.74) is 13.5. The summed E-state index contributed by atoms with van der Waals surface area (Å²) in [5.74, 6) is 3.83. The summed E-state index contributed by atoms with van der Waals surface area (Å²) in [6.45, 7) is 4.52. The minimum absolute atomic E-state index is 0. The Kier molecular flexibility index (Phi) is 10.1. The first-order valence-electron chi connectivity index (χ1n) is 16.0. The quantitative estimate of drug-likeness (QED) is 0.212. The van der Waals surface area contributed by atoms with Crippen molar-refractivity contribution in [1.29, 1.82) is 0 Å². The van der Waals surface area contributed by atoms with Gasteiger partial charge in [-0.3, -0.25) is 0 Å². The summed E-state index contributed by atoms with van der Waals surface area (Å²) >= 11 is -1.24. The van der Waals surface area contributed by atoms with Crippen molar-refractivity contribution in [3.63, 3.8) is 0 Å². The van der Waals surface area contributed by atoms with E-state index in [1.807, 2.05) is 0 Å². The van der Waals surface area contributed by atoms with E-state index >= 15 is 0 Å². The number of hydrogen-bond acceptors (Lipinski definition) is 2. The first kappa shape index (κ1) is 33.3. The number of rotatable bonds is 8. The van der Waals surface area contributed by atoms with Crippen molar-refractivity contribution in [1.82, 2.24) is 0 Å². The molecule has 4 aromatic carbocycles. The van der Waals surface area contributed by atoms with Crippen LogP contribution in [0.5, 0.6) is 0 Å². The maximum Gasteiger partial charge on any atom is -1.00 e. The Morgan fingerprint density at radius 1 is 0.468 bits per heavy atom. The van der Waals surface area contributed by atoms with E-state index in [0.29, 0.717) is 7.25 Å². The van der Waals surface area contributed by atoms with Gasteiger partial charge in [-0.1, -0.05) is 0 Å². The first-order chi connectivity index (χ1) is 22.2. The maximum atomic E-state index is 6.65. The molecule has 2 unspecified atom stereocenters. The zero-order chi connectivity index (χ0) is 30.3. The third-order valence-corrected chi connectivity index (χ3v) is 14.0. The average Bonchev–Trinajstić information content (AvgIpc) is 3.91. The summed E-state index contributed by atoms with van der Waals surface area (Å²) in [6.07, 6.45) is 6.92. The molecule has 2 aliphatic carbocycles. The van der Waals surface area contributed by atoms with Crippen LogP contribution in [0.4, 0.5) is 0 Å². The molecule has 0 spiro atoms. The molecule has 0 aliphatic heterocycles. The second-order valence-corrected chi connectivity index (χ2v) is 15.5. The molecule has 2 nitrogen and oxygen atoms in total. The van der Waals surface area contributed by atoms with Crippen molar-refractivity contribution in [2.45, 2.75) is 33.9 Å². The molecule has 0 saturated carbocycles. The molecule has 2 heterocycles. The molecule has 6 aromatic rings. The monoisotopic (exact) mass is 730 g/mol. The van der Waals surface area contributed by atoms with Crippen molar-refractivity contribution in [3.05, 3.63) is 166 Å². The van der Waals surface area contributed by atoms with E-state index in [1.165, 1.54) is 44.5 Å². The summed E-state index contributed by atoms with van der Waals surface area (Å²) in [4.78, 5) is 0. The zero-order valence-corrected chi connectivity index (χ0v) is 30.3. The average molecular weight is 733 g/mol. The number of allylic oxidation sites excluding steroid dienone is 2. The molecule has 0 fully saturated rings. The van der Waals surface area contributed by atoms with Crippen LogP contribution in [0.15, 0.2) is 130 Å². The number of hydrogen-bond donors (Lipinski definition) is 0. The van der Waals surface area contributed by atoms with Crippen LogP contribution < -0.4 is 24.8 Å². The van der Waals surface area contributed by atoms with Crippen LogP contribution in [0.3, 0.4) is 0 Å². The van der Waals surface area contributed by atoms with Crippen LogP contribution >= 0.6 is 0 Å². The second-order valence-electron chi connectivity index (χ2n) is 11.8. The van der Waals surface area contributed by atoms with Gasteiger partial charge in [-0.2, -0.15) is 0 Å². The van der Waals surface area contributed by atoms with E-state index in [1.54, 1.807) is 0 Å². The van der Waals surface area contributed by atoms with Crippen LogP contribution in [0.2, 0.25) is 0 Å². The molecule has 0 N–H and O–H groups in total. The van der Waals surface area contributed by atoms with Crippen molar-refractivity contribution in [3.8, 4) is 22.6 Å². The first-order valence-corrected chi connectivity index (χ1v) is 18.8. The number of benzene rings is 4. The van der Waals surface area contributed by atoms with E-state index in [9.17, 15) is 0 Å². The Bertz CT molecular complexity index is 1920. The van der Waals surface area contributed by atoms with Crippen LogP contribution in [-0.4, -0.2) is 0 Å². The minimum Gasteiger partial charge on any atom is -1.00 e. The Balaban J connectivity index is 0.00000193. The summed E-state index contributed by atoms with van der Waals surface area (Å²) in [6, 6.07) is 43.3. The van der Waals surface area contributed by atoms with E-state index < -0.39 is 23.2 Å². The van der Waals surface area contributed by atoms with Crippen molar-refractivity contribution in [2.24, 2.45) is 0 Å². The molecule has 8 rings (SSSR count). The number of fused-ring (bicyclic) bond motifs is 2. The van der Waals surface area contributed by atoms with E-state index in [2.05, 4.69) is 147 Å². The summed E-state index contributed by atoms with van der Waals surface area (Å²) in [5, 5.41) is 0. The van der Waals surface area contributed by atoms with Crippen LogP contribution in [-0.2, 0) is 36.1 Å². The van der Waals surface area contributed by atoms with Gasteiger partial charge in [0.05, 0.1) is 0 Å². The molecule has 0 radical (unpaired) electrons. The largest absolute Gasteiger partial charge is 1.00 e. The molecule has 2 aliphatic rings. The van der Waals surface area contributed by atoms with Gasteiger partial charge in [0.1, 0.15) is 0 Å². The zero-order valence-electron chi connectivity index (χ0n) is 26.3. The summed E-state index contributed by atoms with van der Waals surface area (Å²) < 4.78 is 14.0. The molecule has 47 heavy (non-hydrogen) atoms. The van der Waals surface area contributed by atoms with Crippen LogP contribution in [0.25, 0.3) is 45.9 Å². The molecule has 2 atom stereocenters. The van der Waals surface area contributed by atoms with Gasteiger partial charge in [0.15, 0.2) is 0 Å². The molecule has 2 aromatic heterocycles. The topological polar surface area (TPSA) is 26.3 Å². The molecular formula is C42H34Cl2O2Zr. The Labute approximate surface area is 301 Å². The van der Waals surface area contributed by atoms with Gasteiger partial charge in [-0.05, 0) is 0 Å². The van der Waals surface area contributed by atoms with Gasteiger partial charge in [0.25, 0.3) is 0 Å². The fourth-order valence-electron chi connectivity index (χ4n) is 7.00. The number of furan rings is 2. The number of aryl methyl sites for hydroxylation is 2. The van der Waals surface area contributed by atoms with Crippen molar-refractivity contribution < 1.29 is 56.9 Å². The molecule has 0 amide bonds. The third kappa shape index (κ3) is 6.11. The van der Waals surface area contributed by atoms with Gasteiger partial charge in [-0.25, -0.2) is 0 Å². The fraction of sp³-hybridized carbons (Fsp3) is 0.143. The van der Waals surface area contributed by atoms with Gasteiger partial charge in [0, 0.05) is 0 Å². The van der Waals surface area contributed by atoms with Gasteiger partial charge < -0.3 is 24.8 Å². The number of halogens is 2. The fourth-order valence-corrected chi connectivity index (χ4v) is 11.9. The van der Waals surface area contributed by atoms with E-state index in [4.69, 9.17) is 8.83 Å². The Morgan fingerprint density at radius 3 is 1.28 bits per heavy atom. The molecular weight excluding hydrogens is 699 g/mol. The standard InChI is InChI=1S/2C21H17O.2ClH.Zr/c2*1-2-15-9-6-10-17-13-18(14-19(15)17)21-12-11-20(22-21)16-7-4-3-5-8-16;;;/h2*3-14H,2H2,1H3;2*1H;/q;;;;+2/p-2. The summed E-state index contributed by atoms with van der Waals surface area (Å²) in [7, 11) is 0. The van der Waals surface area contributed by atoms with Gasteiger partial charge in [-0.15, -0.1) is 0 Å². The molecule has 232 valence electrons. The molecule has 0 saturated heterocycles. The van der Waals surface area contributed by atoms with Crippen LogP contribution in [0, 0.1) is 0 Å². The molecule has 5 heteroatoms. The Morgan fingerprint density at radius 2 is 0.872 bits per heavy atom. The third-order valence-electron chi connectivity index (χ3n) is 9.30. The molecule has 0 bridgehead atoms. The van der Waals surface area contributed by atoms with Crippen molar-refractivity contribution in [2.75, 3.05) is 0 Å². The van der Waals surface area contributed by atoms with Crippen LogP contribution in [0.1, 0.15) is 66.0 Å².